The lowest BCUT2D eigenvalue weighted by molar-refractivity contribution is -0.116. The molecule has 0 aromatic heterocycles. The highest BCUT2D eigenvalue weighted by Gasteiger charge is 2.31. The number of benzene rings is 2. The predicted octanol–water partition coefficient (Wildman–Crippen LogP) is 4.26. The molecule has 2 N–H and O–H groups in total. The second-order valence-corrected chi connectivity index (χ2v) is 7.67. The maximum absolute atomic E-state index is 12.3. The Bertz CT molecular complexity index is 1020. The van der Waals surface area contributed by atoms with Crippen LogP contribution in [0.3, 0.4) is 0 Å². The first kappa shape index (κ1) is 21.5. The summed E-state index contributed by atoms with van der Waals surface area (Å²) in [6.07, 6.45) is 1.89. The Hall–Kier alpha value is -3.17. The lowest BCUT2D eigenvalue weighted by Gasteiger charge is -2.14. The van der Waals surface area contributed by atoms with Crippen molar-refractivity contribution >= 4 is 57.8 Å². The Kier molecular flexibility index (Phi) is 6.86. The molecule has 9 heteroatoms. The van der Waals surface area contributed by atoms with Crippen molar-refractivity contribution in [2.45, 2.75) is 6.42 Å². The van der Waals surface area contributed by atoms with E-state index in [1.54, 1.807) is 7.11 Å². The van der Waals surface area contributed by atoms with E-state index in [4.69, 9.17) is 22.1 Å². The summed E-state index contributed by atoms with van der Waals surface area (Å²) in [6.45, 7) is 0.156. The fourth-order valence-electron chi connectivity index (χ4n) is 2.68. The number of methoxy groups -OCH3 is 1. The number of nitrogens with zero attached hydrogens (tertiary/aromatic N) is 1. The van der Waals surface area contributed by atoms with Crippen molar-refractivity contribution in [3.63, 3.8) is 0 Å². The normalized spacial score (nSPS) is 14.8. The maximum Gasteiger partial charge on any atom is 0.335 e. The van der Waals surface area contributed by atoms with Crippen LogP contribution in [0.15, 0.2) is 53.4 Å². The van der Waals surface area contributed by atoms with Crippen LogP contribution in [0.5, 0.6) is 5.75 Å². The zero-order valence-corrected chi connectivity index (χ0v) is 17.6. The molecule has 3 rings (SSSR count). The third kappa shape index (κ3) is 5.25. The highest BCUT2D eigenvalue weighted by atomic mass is 32.2. The van der Waals surface area contributed by atoms with Crippen molar-refractivity contribution in [2.24, 2.45) is 0 Å². The molecule has 1 saturated heterocycles. The van der Waals surface area contributed by atoms with Crippen LogP contribution in [0.25, 0.3) is 6.08 Å². The van der Waals surface area contributed by atoms with Crippen LogP contribution in [0.4, 0.5) is 10.5 Å². The van der Waals surface area contributed by atoms with E-state index < -0.39 is 5.97 Å². The smallest absolute Gasteiger partial charge is 0.335 e. The molecule has 2 amide bonds. The van der Waals surface area contributed by atoms with E-state index in [0.29, 0.717) is 15.6 Å². The molecule has 1 aliphatic rings. The summed E-state index contributed by atoms with van der Waals surface area (Å²) < 4.78 is 5.13. The lowest BCUT2D eigenvalue weighted by Crippen LogP contribution is -2.30. The maximum atomic E-state index is 12.3. The minimum atomic E-state index is -1.04. The molecule has 2 aromatic carbocycles. The van der Waals surface area contributed by atoms with E-state index in [1.165, 1.54) is 29.2 Å². The minimum absolute atomic E-state index is 0.0585. The second kappa shape index (κ2) is 9.55. The fraction of sp³-hybridized carbons (Fsp3) is 0.143. The number of thioether (sulfide) groups is 1. The summed E-state index contributed by atoms with van der Waals surface area (Å²) in [5.74, 6) is -0.601. The van der Waals surface area contributed by atoms with Crippen molar-refractivity contribution in [3.05, 3.63) is 64.6 Å². The lowest BCUT2D eigenvalue weighted by atomic mass is 10.2. The summed E-state index contributed by atoms with van der Waals surface area (Å²) in [6, 6.07) is 13.2. The van der Waals surface area contributed by atoms with Crippen LogP contribution >= 0.6 is 24.0 Å². The standard InChI is InChI=1S/C21H18N2O5S2/c1-28-16-8-2-13(3-9-16)12-17-19(29)23(21(27)30-17)11-10-18(24)22-15-6-4-14(5-7-15)20(25)26/h2-9,12H,10-11H2,1H3,(H,22,24)(H,25,26). The van der Waals surface area contributed by atoms with E-state index in [0.717, 1.165) is 23.1 Å². The van der Waals surface area contributed by atoms with Gasteiger partial charge in [-0.15, -0.1) is 0 Å². The minimum Gasteiger partial charge on any atom is -0.497 e. The Morgan fingerprint density at radius 2 is 1.83 bits per heavy atom. The first-order valence-electron chi connectivity index (χ1n) is 8.90. The summed E-state index contributed by atoms with van der Waals surface area (Å²) in [4.78, 5) is 37.8. The Labute approximate surface area is 182 Å². The molecule has 0 atom stereocenters. The summed E-state index contributed by atoms with van der Waals surface area (Å²) >= 11 is 6.45. The number of hydrogen-bond acceptors (Lipinski definition) is 6. The van der Waals surface area contributed by atoms with Gasteiger partial charge in [-0.1, -0.05) is 24.4 Å². The van der Waals surface area contributed by atoms with E-state index in [-0.39, 0.29) is 29.7 Å². The molecule has 0 saturated carbocycles. The van der Waals surface area contributed by atoms with E-state index in [2.05, 4.69) is 5.32 Å². The number of thiocarbonyl (C=S) groups is 1. The van der Waals surface area contributed by atoms with Gasteiger partial charge in [0.2, 0.25) is 5.91 Å². The largest absolute Gasteiger partial charge is 0.497 e. The van der Waals surface area contributed by atoms with Crippen LogP contribution in [-0.2, 0) is 4.79 Å². The molecule has 154 valence electrons. The summed E-state index contributed by atoms with van der Waals surface area (Å²) in [7, 11) is 1.59. The van der Waals surface area contributed by atoms with Gasteiger partial charge in [0.15, 0.2) is 0 Å². The van der Waals surface area contributed by atoms with Gasteiger partial charge in [-0.05, 0) is 59.8 Å². The van der Waals surface area contributed by atoms with Crippen LogP contribution in [0, 0.1) is 0 Å². The van der Waals surface area contributed by atoms with Crippen molar-refractivity contribution in [1.29, 1.82) is 0 Å². The van der Waals surface area contributed by atoms with Gasteiger partial charge >= 0.3 is 5.97 Å². The molecular formula is C21H18N2O5S2. The van der Waals surface area contributed by atoms with Crippen LogP contribution < -0.4 is 10.1 Å². The van der Waals surface area contributed by atoms with Gasteiger partial charge in [-0.3, -0.25) is 14.5 Å². The van der Waals surface area contributed by atoms with Crippen molar-refractivity contribution in [2.75, 3.05) is 19.0 Å². The van der Waals surface area contributed by atoms with Crippen LogP contribution in [0.1, 0.15) is 22.3 Å². The number of rotatable bonds is 7. The number of carbonyl (C=O) groups excluding carboxylic acids is 2. The molecule has 1 fully saturated rings. The number of ether oxygens (including phenoxy) is 1. The Morgan fingerprint density at radius 3 is 2.43 bits per heavy atom. The highest BCUT2D eigenvalue weighted by molar-refractivity contribution is 8.19. The van der Waals surface area contributed by atoms with E-state index in [1.807, 2.05) is 30.3 Å². The number of anilines is 1. The van der Waals surface area contributed by atoms with Gasteiger partial charge in [-0.2, -0.15) is 0 Å². The Morgan fingerprint density at radius 1 is 1.17 bits per heavy atom. The average molecular weight is 443 g/mol. The monoisotopic (exact) mass is 442 g/mol. The molecule has 2 aromatic rings. The number of hydrogen-bond donors (Lipinski definition) is 2. The second-order valence-electron chi connectivity index (χ2n) is 6.29. The van der Waals surface area contributed by atoms with Gasteiger partial charge < -0.3 is 15.2 Å². The number of nitrogens with one attached hydrogen (secondary N) is 1. The van der Waals surface area contributed by atoms with Crippen molar-refractivity contribution < 1.29 is 24.2 Å². The number of carbonyl (C=O) groups is 3. The molecule has 7 nitrogen and oxygen atoms in total. The molecule has 0 unspecified atom stereocenters. The number of amides is 2. The third-order valence-corrected chi connectivity index (χ3v) is 5.76. The molecule has 30 heavy (non-hydrogen) atoms. The van der Waals surface area contributed by atoms with Gasteiger partial charge in [0, 0.05) is 18.7 Å². The van der Waals surface area contributed by atoms with E-state index in [9.17, 15) is 14.4 Å². The third-order valence-electron chi connectivity index (χ3n) is 4.27. The van der Waals surface area contributed by atoms with Gasteiger partial charge in [0.25, 0.3) is 5.24 Å². The first-order valence-corrected chi connectivity index (χ1v) is 10.1. The van der Waals surface area contributed by atoms with Gasteiger partial charge in [0.05, 0.1) is 17.6 Å². The SMILES string of the molecule is COc1ccc(C=C2SC(=O)N(CCC(=O)Nc3ccc(C(=O)O)cc3)C2=S)cc1. The molecular weight excluding hydrogens is 424 g/mol. The van der Waals surface area contributed by atoms with Crippen molar-refractivity contribution in [1.82, 2.24) is 4.90 Å². The van der Waals surface area contributed by atoms with Crippen LogP contribution in [0.2, 0.25) is 0 Å². The zero-order chi connectivity index (χ0) is 21.7. The zero-order valence-electron chi connectivity index (χ0n) is 16.0. The predicted molar refractivity (Wildman–Crippen MR) is 120 cm³/mol. The number of aromatic carboxylic acids is 1. The topological polar surface area (TPSA) is 95.9 Å². The fourth-order valence-corrected chi connectivity index (χ4v) is 3.97. The highest BCUT2D eigenvalue weighted by Crippen LogP contribution is 2.33. The van der Waals surface area contributed by atoms with Gasteiger partial charge in [0.1, 0.15) is 10.7 Å². The van der Waals surface area contributed by atoms with E-state index >= 15 is 0 Å². The molecule has 0 spiro atoms. The molecule has 0 bridgehead atoms. The summed E-state index contributed by atoms with van der Waals surface area (Å²) in [5, 5.41) is 11.4. The molecule has 0 radical (unpaired) electrons. The molecule has 1 heterocycles. The number of carboxylic acids is 1. The first-order chi connectivity index (χ1) is 14.4. The van der Waals surface area contributed by atoms with Crippen molar-refractivity contribution in [3.8, 4) is 5.75 Å². The summed E-state index contributed by atoms with van der Waals surface area (Å²) in [5.41, 5.74) is 1.50. The molecule has 1 aliphatic heterocycles. The quantitative estimate of drug-likeness (QED) is 0.489. The average Bonchev–Trinajstić information content (AvgIpc) is 3.00. The number of carboxylic acid groups (broad SMARTS) is 1. The Balaban J connectivity index is 1.57. The molecule has 0 aliphatic carbocycles. The van der Waals surface area contributed by atoms with Gasteiger partial charge in [-0.25, -0.2) is 4.79 Å². The van der Waals surface area contributed by atoms with Crippen LogP contribution in [-0.4, -0.2) is 45.8 Å².